The van der Waals surface area contributed by atoms with Crippen molar-refractivity contribution in [1.82, 2.24) is 9.55 Å². The second-order valence-electron chi connectivity index (χ2n) is 17.7. The predicted octanol–water partition coefficient (Wildman–Crippen LogP) is 9.33. The average molecular weight is 1060 g/mol. The van der Waals surface area contributed by atoms with Crippen LogP contribution in [0, 0.1) is 5.92 Å². The molecule has 0 spiro atoms. The van der Waals surface area contributed by atoms with E-state index in [1.165, 1.54) is 51.0 Å². The summed E-state index contributed by atoms with van der Waals surface area (Å²) in [6.07, 6.45) is 33.1. The number of aliphatic hydroxyl groups is 3. The first-order valence-corrected chi connectivity index (χ1v) is 28.4. The van der Waals surface area contributed by atoms with Crippen molar-refractivity contribution in [1.29, 1.82) is 0 Å². The first kappa shape index (κ1) is 64.3. The number of aliphatic hydroxyl groups excluding tert-OH is 3. The maximum atomic E-state index is 12.9. The van der Waals surface area contributed by atoms with Crippen LogP contribution in [0.3, 0.4) is 0 Å². The van der Waals surface area contributed by atoms with Crippen LogP contribution in [0.5, 0.6) is 0 Å². The van der Waals surface area contributed by atoms with Gasteiger partial charge in [-0.15, -0.1) is 0 Å². The van der Waals surface area contributed by atoms with Crippen molar-refractivity contribution in [2.45, 2.75) is 186 Å². The van der Waals surface area contributed by atoms with E-state index in [1.54, 1.807) is 24.3 Å². The number of ether oxygens (including phenoxy) is 3. The molecule has 1 aromatic heterocycles. The molecule has 2 heterocycles. The lowest BCUT2D eigenvalue weighted by Gasteiger charge is -2.21. The third-order valence-corrected chi connectivity index (χ3v) is 14.0. The Balaban J connectivity index is 1.87. The Kier molecular flexibility index (Phi) is 33.8. The Morgan fingerprint density at radius 2 is 1.40 bits per heavy atom. The first-order valence-electron chi connectivity index (χ1n) is 25.5. The van der Waals surface area contributed by atoms with Crippen LogP contribution >= 0.6 is 15.6 Å². The van der Waals surface area contributed by atoms with E-state index in [1.807, 2.05) is 12.2 Å². The van der Waals surface area contributed by atoms with Crippen molar-refractivity contribution < 1.29 is 71.4 Å². The SMILES string of the molecule is CC/C=C\C/C=C\C/C=C\C/C=C\C=C/C(O)C/C=C\CCC(=O)O[C@H](COC(=O)CCCCCCCCCCCCC(C)CC)COP(=O)(O)OP(=O)(O)OC[C@H]1O[C@@H](n2ccc(N)nc2=O)[C@H](O)[C@@H]1O. The van der Waals surface area contributed by atoms with E-state index >= 15 is 0 Å². The van der Waals surface area contributed by atoms with Gasteiger partial charge in [-0.3, -0.25) is 23.2 Å². The predicted molar refractivity (Wildman–Crippen MR) is 276 cm³/mol. The monoisotopic (exact) mass is 1060 g/mol. The number of aromatic nitrogens is 2. The van der Waals surface area contributed by atoms with Gasteiger partial charge in [0.2, 0.25) is 0 Å². The van der Waals surface area contributed by atoms with Crippen LogP contribution < -0.4 is 11.4 Å². The van der Waals surface area contributed by atoms with Gasteiger partial charge in [0.15, 0.2) is 12.3 Å². The van der Waals surface area contributed by atoms with Crippen molar-refractivity contribution >= 4 is 33.4 Å². The quantitative estimate of drug-likeness (QED) is 0.0117. The van der Waals surface area contributed by atoms with E-state index in [-0.39, 0.29) is 31.5 Å². The highest BCUT2D eigenvalue weighted by atomic mass is 31.3. The molecular formula is C51H83N3O16P2. The van der Waals surface area contributed by atoms with E-state index in [2.05, 4.69) is 66.5 Å². The molecule has 19 nitrogen and oxygen atoms in total. The van der Waals surface area contributed by atoms with Crippen molar-refractivity contribution in [2.24, 2.45) is 5.92 Å². The van der Waals surface area contributed by atoms with E-state index in [0.717, 1.165) is 68.0 Å². The average Bonchev–Trinajstić information content (AvgIpc) is 3.61. The smallest absolute Gasteiger partial charge is 0.462 e. The summed E-state index contributed by atoms with van der Waals surface area (Å²) in [5, 5.41) is 31.2. The number of carbonyl (C=O) groups excluding carboxylic acids is 2. The molecule has 0 aromatic carbocycles. The number of carbonyl (C=O) groups is 2. The molecule has 1 aliphatic rings. The summed E-state index contributed by atoms with van der Waals surface area (Å²) in [5.41, 5.74) is 4.57. The van der Waals surface area contributed by atoms with Crippen LogP contribution in [-0.2, 0) is 46.3 Å². The molecule has 408 valence electrons. The van der Waals surface area contributed by atoms with Gasteiger partial charge < -0.3 is 45.1 Å². The molecule has 0 aliphatic carbocycles. The second-order valence-corrected chi connectivity index (χ2v) is 20.8. The number of nitrogen functional groups attached to an aromatic ring is 1. The van der Waals surface area contributed by atoms with E-state index in [4.69, 9.17) is 29.0 Å². The molecule has 1 fully saturated rings. The van der Waals surface area contributed by atoms with E-state index in [9.17, 15) is 48.6 Å². The Hall–Kier alpha value is -3.84. The number of phosphoric acid groups is 2. The molecule has 1 saturated heterocycles. The molecule has 2 rings (SSSR count). The largest absolute Gasteiger partial charge is 0.481 e. The maximum Gasteiger partial charge on any atom is 0.481 e. The number of anilines is 1. The summed E-state index contributed by atoms with van der Waals surface area (Å²) in [6, 6.07) is 1.24. The summed E-state index contributed by atoms with van der Waals surface area (Å²) in [5.74, 6) is -0.699. The molecule has 0 bridgehead atoms. The fraction of sp³-hybridized carbons (Fsp3) is 0.647. The third kappa shape index (κ3) is 30.4. The van der Waals surface area contributed by atoms with Gasteiger partial charge in [0, 0.05) is 19.0 Å². The standard InChI is InChI=1S/C51H83N3O16P2/c1-4-6-7-8-9-10-11-12-13-17-20-23-27-32-42(55)33-28-25-30-35-47(57)68-43(38-65-46(56)34-29-24-21-18-15-14-16-19-22-26-31-41(3)5-2)39-66-71(61,62)70-72(63,64)67-40-44-48(58)49(59)50(69-44)54-37-36-45(52)53-51(54)60/h6-7,9-10,12-13,20,23,25,27-28,32,36-37,41-44,48-50,55,58-59H,4-5,8,11,14-19,21-22,24,26,29-31,33-35,38-40H2,1-3H3,(H,61,62)(H,63,64)(H2,52,53,60)/b7-6-,10-9-,13-12-,23-20-,28-25-,32-27-/t41?,42?,43-,44-,48-,49-,50-/m1/s1. The molecule has 0 amide bonds. The maximum absolute atomic E-state index is 12.9. The highest BCUT2D eigenvalue weighted by Gasteiger charge is 2.46. The molecule has 9 atom stereocenters. The Morgan fingerprint density at radius 3 is 2.04 bits per heavy atom. The highest BCUT2D eigenvalue weighted by Crippen LogP contribution is 2.60. The lowest BCUT2D eigenvalue weighted by atomic mass is 9.99. The number of unbranched alkanes of at least 4 members (excludes halogenated alkanes) is 9. The number of hydrogen-bond acceptors (Lipinski definition) is 16. The van der Waals surface area contributed by atoms with Gasteiger partial charge in [-0.05, 0) is 56.9 Å². The van der Waals surface area contributed by atoms with Crippen molar-refractivity contribution in [3.63, 3.8) is 0 Å². The number of hydrogen-bond donors (Lipinski definition) is 6. The summed E-state index contributed by atoms with van der Waals surface area (Å²) < 4.78 is 56.6. The third-order valence-electron chi connectivity index (χ3n) is 11.4. The molecule has 0 radical (unpaired) electrons. The first-order chi connectivity index (χ1) is 34.5. The van der Waals surface area contributed by atoms with Crippen LogP contribution in [0.4, 0.5) is 5.82 Å². The zero-order chi connectivity index (χ0) is 53.0. The number of rotatable bonds is 40. The molecular weight excluding hydrogens is 973 g/mol. The summed E-state index contributed by atoms with van der Waals surface area (Å²) in [4.78, 5) is 61.9. The number of allylic oxidation sites excluding steroid dienone is 10. The highest BCUT2D eigenvalue weighted by molar-refractivity contribution is 7.61. The summed E-state index contributed by atoms with van der Waals surface area (Å²) in [7, 11) is -10.9. The lowest BCUT2D eigenvalue weighted by Crippen LogP contribution is -2.36. The summed E-state index contributed by atoms with van der Waals surface area (Å²) >= 11 is 0. The van der Waals surface area contributed by atoms with E-state index in [0.29, 0.717) is 6.42 Å². The molecule has 7 N–H and O–H groups in total. The van der Waals surface area contributed by atoms with Crippen LogP contribution in [-0.4, -0.2) is 96.9 Å². The van der Waals surface area contributed by atoms with Crippen LogP contribution in [0.2, 0.25) is 0 Å². The normalized spacial score (nSPS) is 20.6. The molecule has 21 heteroatoms. The van der Waals surface area contributed by atoms with Gasteiger partial charge in [-0.2, -0.15) is 9.29 Å². The number of nitrogens with zero attached hydrogens (tertiary/aromatic N) is 2. The molecule has 1 aromatic rings. The Labute approximate surface area is 426 Å². The van der Waals surface area contributed by atoms with Crippen LogP contribution in [0.15, 0.2) is 90.0 Å². The van der Waals surface area contributed by atoms with Crippen LogP contribution in [0.25, 0.3) is 0 Å². The molecule has 4 unspecified atom stereocenters. The molecule has 1 aliphatic heterocycles. The minimum atomic E-state index is -5.47. The molecule has 72 heavy (non-hydrogen) atoms. The molecule has 0 saturated carbocycles. The lowest BCUT2D eigenvalue weighted by molar-refractivity contribution is -0.161. The second kappa shape index (κ2) is 37.8. The van der Waals surface area contributed by atoms with Gasteiger partial charge in [-0.25, -0.2) is 13.9 Å². The Morgan fingerprint density at radius 1 is 0.792 bits per heavy atom. The number of nitrogens with two attached hydrogens (primary N) is 1. The number of phosphoric ester groups is 2. The van der Waals surface area contributed by atoms with Gasteiger partial charge in [0.05, 0.1) is 19.3 Å². The Bertz CT molecular complexity index is 2020. The van der Waals surface area contributed by atoms with E-state index < -0.39 is 89.8 Å². The zero-order valence-corrected chi connectivity index (χ0v) is 44.3. The fourth-order valence-corrected chi connectivity index (χ4v) is 9.21. The summed E-state index contributed by atoms with van der Waals surface area (Å²) in [6.45, 7) is 4.18. The topological polar surface area (TPSA) is 286 Å². The van der Waals surface area contributed by atoms with Gasteiger partial charge >= 0.3 is 33.3 Å². The van der Waals surface area contributed by atoms with Crippen molar-refractivity contribution in [3.05, 3.63) is 95.7 Å². The zero-order valence-electron chi connectivity index (χ0n) is 42.5. The minimum Gasteiger partial charge on any atom is -0.462 e. The minimum absolute atomic E-state index is 0.0877. The van der Waals surface area contributed by atoms with Gasteiger partial charge in [-0.1, -0.05) is 164 Å². The van der Waals surface area contributed by atoms with Crippen LogP contribution in [0.1, 0.15) is 155 Å². The van der Waals surface area contributed by atoms with Gasteiger partial charge in [0.25, 0.3) is 0 Å². The van der Waals surface area contributed by atoms with Crippen molar-refractivity contribution in [3.8, 4) is 0 Å². The van der Waals surface area contributed by atoms with Gasteiger partial charge in [0.1, 0.15) is 30.7 Å². The number of esters is 2. The fourth-order valence-electron chi connectivity index (χ4n) is 7.10. The van der Waals surface area contributed by atoms with Crippen molar-refractivity contribution in [2.75, 3.05) is 25.6 Å².